The Kier molecular flexibility index (Phi) is 20.8. The summed E-state index contributed by atoms with van der Waals surface area (Å²) in [4.78, 5) is 27.1. The molecule has 4 saturated carbocycles. The maximum absolute atomic E-state index is 13.7. The summed E-state index contributed by atoms with van der Waals surface area (Å²) in [5.41, 5.74) is 2.00. The molecular weight excluding hydrogens is 865 g/mol. The maximum Gasteiger partial charge on any atom is 0.306 e. The number of hydrogen-bond acceptors (Lipinski definition) is 6. The fourth-order valence-corrected chi connectivity index (χ4v) is 12.8. The second-order valence-electron chi connectivity index (χ2n) is 23.0. The van der Waals surface area contributed by atoms with Crippen LogP contribution in [0.1, 0.15) is 210 Å². The van der Waals surface area contributed by atoms with E-state index in [1.807, 2.05) is 54.6 Å². The Labute approximate surface area is 424 Å². The van der Waals surface area contributed by atoms with Crippen molar-refractivity contribution in [2.24, 2.45) is 47.3 Å². The van der Waals surface area contributed by atoms with E-state index in [0.717, 1.165) is 103 Å². The first-order valence-corrected chi connectivity index (χ1v) is 29.3. The lowest BCUT2D eigenvalue weighted by Crippen LogP contribution is -2.42. The Morgan fingerprint density at radius 2 is 0.843 bits per heavy atom. The van der Waals surface area contributed by atoms with E-state index < -0.39 is 23.9 Å². The molecule has 0 bridgehead atoms. The van der Waals surface area contributed by atoms with Crippen molar-refractivity contribution in [1.82, 2.24) is 0 Å². The molecule has 70 heavy (non-hydrogen) atoms. The van der Waals surface area contributed by atoms with Crippen LogP contribution in [-0.2, 0) is 34.1 Å². The molecule has 0 N–H and O–H groups in total. The number of hydrogen-bond donors (Lipinski definition) is 0. The highest BCUT2D eigenvalue weighted by molar-refractivity contribution is 5.70. The fourth-order valence-electron chi connectivity index (χ4n) is 12.8. The summed E-state index contributed by atoms with van der Waals surface area (Å²) in [6.45, 7) is 4.91. The monoisotopic (exact) mass is 957 g/mol. The molecule has 5 aliphatic rings. The third-order valence-electron chi connectivity index (χ3n) is 17.5. The zero-order valence-corrected chi connectivity index (χ0v) is 43.7. The van der Waals surface area contributed by atoms with Gasteiger partial charge >= 0.3 is 11.9 Å². The molecular formula is C64H92O6. The van der Waals surface area contributed by atoms with Crippen molar-refractivity contribution >= 4 is 11.9 Å². The van der Waals surface area contributed by atoms with Crippen LogP contribution in [0.15, 0.2) is 91.0 Å². The first-order chi connectivity index (χ1) is 34.4. The van der Waals surface area contributed by atoms with Crippen molar-refractivity contribution in [2.75, 3.05) is 13.2 Å². The Bertz CT molecular complexity index is 1850. The van der Waals surface area contributed by atoms with Gasteiger partial charge < -0.3 is 18.9 Å². The van der Waals surface area contributed by atoms with Gasteiger partial charge in [-0.2, -0.15) is 0 Å². The second-order valence-corrected chi connectivity index (χ2v) is 23.0. The summed E-state index contributed by atoms with van der Waals surface area (Å²) >= 11 is 0. The molecule has 1 saturated heterocycles. The second kappa shape index (κ2) is 27.5. The van der Waals surface area contributed by atoms with E-state index in [-0.39, 0.29) is 25.2 Å². The minimum atomic E-state index is -0.959. The zero-order chi connectivity index (χ0) is 48.4. The van der Waals surface area contributed by atoms with Crippen LogP contribution in [0.2, 0.25) is 0 Å². The van der Waals surface area contributed by atoms with Crippen molar-refractivity contribution < 1.29 is 28.5 Å². The van der Waals surface area contributed by atoms with Gasteiger partial charge in [-0.1, -0.05) is 220 Å². The van der Waals surface area contributed by atoms with E-state index in [1.54, 1.807) is 0 Å². The van der Waals surface area contributed by atoms with Crippen LogP contribution in [-0.4, -0.2) is 43.5 Å². The summed E-state index contributed by atoms with van der Waals surface area (Å²) in [6, 6.07) is 30.9. The maximum atomic E-state index is 13.7. The van der Waals surface area contributed by atoms with Gasteiger partial charge in [0.15, 0.2) is 12.2 Å². The van der Waals surface area contributed by atoms with Gasteiger partial charge in [0.2, 0.25) is 0 Å². The minimum Gasteiger partial charge on any atom is -0.456 e. The summed E-state index contributed by atoms with van der Waals surface area (Å²) in [5.74, 6) is 7.63. The van der Waals surface area contributed by atoms with Crippen LogP contribution >= 0.6 is 0 Å². The number of ether oxygens (including phenoxy) is 4. The van der Waals surface area contributed by atoms with E-state index in [0.29, 0.717) is 12.8 Å². The molecule has 4 aliphatic carbocycles. The average molecular weight is 957 g/mol. The highest BCUT2D eigenvalue weighted by Crippen LogP contribution is 2.56. The van der Waals surface area contributed by atoms with Crippen molar-refractivity contribution in [3.8, 4) is 0 Å². The number of carbonyl (C=O) groups excluding carboxylic acids is 2. The van der Waals surface area contributed by atoms with E-state index in [9.17, 15) is 9.59 Å². The molecule has 8 unspecified atom stereocenters. The third-order valence-corrected chi connectivity index (χ3v) is 17.5. The minimum absolute atomic E-state index is 0.133. The van der Waals surface area contributed by atoms with Crippen LogP contribution < -0.4 is 0 Å². The summed E-state index contributed by atoms with van der Waals surface area (Å²) in [5, 5.41) is 0. The summed E-state index contributed by atoms with van der Waals surface area (Å²) in [7, 11) is 0. The molecule has 8 rings (SSSR count). The highest BCUT2D eigenvalue weighted by atomic mass is 16.6. The van der Waals surface area contributed by atoms with Crippen molar-refractivity contribution in [2.45, 2.75) is 218 Å². The Balaban J connectivity index is 0.785. The number of carbonyl (C=O) groups is 2. The molecule has 1 heterocycles. The van der Waals surface area contributed by atoms with Crippen molar-refractivity contribution in [3.05, 3.63) is 108 Å². The first-order valence-electron chi connectivity index (χ1n) is 29.3. The molecule has 3 aromatic rings. The molecule has 0 radical (unpaired) electrons. The van der Waals surface area contributed by atoms with Gasteiger partial charge in [0.1, 0.15) is 11.7 Å². The van der Waals surface area contributed by atoms with Gasteiger partial charge in [-0.15, -0.1) is 0 Å². The van der Waals surface area contributed by atoms with E-state index in [4.69, 9.17) is 18.9 Å². The number of benzene rings is 3. The van der Waals surface area contributed by atoms with Gasteiger partial charge in [0, 0.05) is 12.8 Å². The van der Waals surface area contributed by atoms with Gasteiger partial charge in [0.05, 0.1) is 13.2 Å². The zero-order valence-electron chi connectivity index (χ0n) is 43.7. The van der Waals surface area contributed by atoms with E-state index >= 15 is 0 Å². The molecule has 11 atom stereocenters. The van der Waals surface area contributed by atoms with Gasteiger partial charge in [-0.3, -0.25) is 9.59 Å². The summed E-state index contributed by atoms with van der Waals surface area (Å²) in [6.07, 6.45) is 32.7. The Morgan fingerprint density at radius 3 is 1.26 bits per heavy atom. The summed E-state index contributed by atoms with van der Waals surface area (Å²) < 4.78 is 26.0. The van der Waals surface area contributed by atoms with Crippen LogP contribution in [0.3, 0.4) is 0 Å². The van der Waals surface area contributed by atoms with Crippen molar-refractivity contribution in [3.63, 3.8) is 0 Å². The normalized spacial score (nSPS) is 27.5. The van der Waals surface area contributed by atoms with E-state index in [2.05, 4.69) is 50.2 Å². The average Bonchev–Trinajstić information content (AvgIpc) is 4.28. The van der Waals surface area contributed by atoms with Gasteiger partial charge in [-0.25, -0.2) is 0 Å². The lowest BCUT2D eigenvalue weighted by molar-refractivity contribution is -0.168. The molecule has 0 aromatic heterocycles. The molecule has 0 amide bonds. The van der Waals surface area contributed by atoms with Crippen LogP contribution in [0.4, 0.5) is 0 Å². The quantitative estimate of drug-likeness (QED) is 0.0328. The largest absolute Gasteiger partial charge is 0.456 e. The van der Waals surface area contributed by atoms with Crippen LogP contribution in [0.5, 0.6) is 0 Å². The molecule has 6 heteroatoms. The number of rotatable bonds is 36. The fraction of sp³-hybridized carbons (Fsp3) is 0.688. The molecule has 3 aromatic carbocycles. The lowest BCUT2D eigenvalue weighted by Gasteiger charge is -2.37. The molecule has 5 fully saturated rings. The Morgan fingerprint density at radius 1 is 0.471 bits per heavy atom. The number of esters is 2. The smallest absolute Gasteiger partial charge is 0.306 e. The standard InChI is InChI=1S/C64H92O6/c1-3-5-16-28-48-40-52(48)44-54-42-50(54)30-18-9-7-11-26-38-61(65)69-60-46-67-59(47-68-64(56-32-20-13-21-33-56,57-34-22-14-23-35-57)58-36-24-15-25-37-58)63(60)70-62(66)39-27-12-8-10-19-31-51-43-55(51)45-53-41-49(53)29-17-6-4-2/h13-15,20-25,32-37,48-55,59-60,63H,3-12,16-19,26-31,38-47H2,1-2H3/t48?,49?,50?,51?,52?,53?,54?,55?,59-,60+,63+/m1/s1. The predicted molar refractivity (Wildman–Crippen MR) is 283 cm³/mol. The molecule has 0 spiro atoms. The van der Waals surface area contributed by atoms with E-state index in [1.165, 1.54) is 128 Å². The predicted octanol–water partition coefficient (Wildman–Crippen LogP) is 16.2. The SMILES string of the molecule is CCCCCC1CC1CC1CC1CCCCCCCC(=O)O[C@@H]1[C@@H](OC(=O)CCCCCCCC2CC2CC2CC2CCCCC)CO[C@@H]1COC(c1ccccc1)(c1ccccc1)c1ccccc1. The lowest BCUT2D eigenvalue weighted by atomic mass is 9.80. The molecule has 6 nitrogen and oxygen atoms in total. The van der Waals surface area contributed by atoms with Gasteiger partial charge in [0.25, 0.3) is 0 Å². The molecule has 384 valence electrons. The van der Waals surface area contributed by atoms with Crippen molar-refractivity contribution in [1.29, 1.82) is 0 Å². The number of unbranched alkanes of at least 4 members (excludes halogenated alkanes) is 12. The highest BCUT2D eigenvalue weighted by Gasteiger charge is 2.47. The Hall–Kier alpha value is -3.48. The third kappa shape index (κ3) is 16.0. The topological polar surface area (TPSA) is 71.1 Å². The van der Waals surface area contributed by atoms with Crippen LogP contribution in [0, 0.1) is 47.3 Å². The van der Waals surface area contributed by atoms with Gasteiger partial charge in [-0.05, 0) is 115 Å². The molecule has 1 aliphatic heterocycles. The van der Waals surface area contributed by atoms with Crippen LogP contribution in [0.25, 0.3) is 0 Å². The first kappa shape index (κ1) is 52.8.